The first kappa shape index (κ1) is 16.7. The third-order valence-corrected chi connectivity index (χ3v) is 4.16. The molecule has 1 aromatic heterocycles. The van der Waals surface area contributed by atoms with Crippen molar-refractivity contribution in [2.24, 2.45) is 0 Å². The second kappa shape index (κ2) is 7.58. The van der Waals surface area contributed by atoms with Crippen LogP contribution in [0, 0.1) is 13.8 Å². The fraction of sp³-hybridized carbons (Fsp3) is 0.412. The Kier molecular flexibility index (Phi) is 5.77. The first-order valence-corrected chi connectivity index (χ1v) is 8.29. The smallest absolute Gasteiger partial charge is 0.284 e. The maximum Gasteiger partial charge on any atom is 0.284 e. The predicted molar refractivity (Wildman–Crippen MR) is 90.6 cm³/mol. The highest BCUT2D eigenvalue weighted by Crippen LogP contribution is 2.18. The topological polar surface area (TPSA) is 44.1 Å². The van der Waals surface area contributed by atoms with Crippen LogP contribution in [0.5, 0.6) is 5.75 Å². The Morgan fingerprint density at radius 2 is 1.95 bits per heavy atom. The Hall–Kier alpha value is -1.62. The molecule has 0 bridgehead atoms. The number of hydrogen-bond acceptors (Lipinski definition) is 3. The van der Waals surface area contributed by atoms with Crippen molar-refractivity contribution < 1.29 is 9.53 Å². The van der Waals surface area contributed by atoms with E-state index in [2.05, 4.69) is 28.0 Å². The third kappa shape index (κ3) is 3.97. The highest BCUT2D eigenvalue weighted by atomic mass is 79.9. The molecule has 0 aliphatic heterocycles. The van der Waals surface area contributed by atoms with Crippen LogP contribution in [0.4, 0.5) is 0 Å². The molecule has 0 N–H and O–H groups in total. The van der Waals surface area contributed by atoms with Crippen molar-refractivity contribution in [3.05, 3.63) is 45.7 Å². The second-order valence-electron chi connectivity index (χ2n) is 5.30. The monoisotopic (exact) mass is 364 g/mol. The zero-order valence-electron chi connectivity index (χ0n) is 13.2. The summed E-state index contributed by atoms with van der Waals surface area (Å²) in [6.07, 6.45) is 3.21. The number of carbonyl (C=O) groups is 1. The van der Waals surface area contributed by atoms with E-state index in [4.69, 9.17) is 4.74 Å². The number of unbranched alkanes of at least 4 members (excludes halogenated alkanes) is 1. The van der Waals surface area contributed by atoms with E-state index < -0.39 is 0 Å². The van der Waals surface area contributed by atoms with Crippen LogP contribution in [0.3, 0.4) is 0 Å². The quantitative estimate of drug-likeness (QED) is 0.766. The van der Waals surface area contributed by atoms with E-state index in [9.17, 15) is 4.79 Å². The van der Waals surface area contributed by atoms with E-state index in [1.165, 1.54) is 10.2 Å². The average molecular weight is 365 g/mol. The van der Waals surface area contributed by atoms with Gasteiger partial charge in [0.05, 0.1) is 5.69 Å². The molecule has 118 valence electrons. The molecule has 22 heavy (non-hydrogen) atoms. The molecule has 0 atom stereocenters. The van der Waals surface area contributed by atoms with E-state index in [1.54, 1.807) is 0 Å². The van der Waals surface area contributed by atoms with Gasteiger partial charge in [0.1, 0.15) is 5.75 Å². The summed E-state index contributed by atoms with van der Waals surface area (Å²) in [5.74, 6) is 0.524. The number of carbonyl (C=O) groups excluding carboxylic acids is 1. The predicted octanol–water partition coefficient (Wildman–Crippen LogP) is 4.32. The molecule has 0 amide bonds. The second-order valence-corrected chi connectivity index (χ2v) is 6.22. The van der Waals surface area contributed by atoms with Gasteiger partial charge in [0.25, 0.3) is 5.91 Å². The van der Waals surface area contributed by atoms with Crippen LogP contribution >= 0.6 is 15.9 Å². The van der Waals surface area contributed by atoms with Crippen LogP contribution < -0.4 is 4.74 Å². The van der Waals surface area contributed by atoms with Gasteiger partial charge in [-0.3, -0.25) is 4.79 Å². The lowest BCUT2D eigenvalue weighted by Gasteiger charge is -2.07. The van der Waals surface area contributed by atoms with Gasteiger partial charge in [0.15, 0.2) is 6.61 Å². The molecule has 5 heteroatoms. The fourth-order valence-electron chi connectivity index (χ4n) is 2.37. The number of aryl methyl sites for hydroxylation is 1. The Bertz CT molecular complexity index is 647. The van der Waals surface area contributed by atoms with Crippen molar-refractivity contribution >= 4 is 21.8 Å². The van der Waals surface area contributed by atoms with Crippen LogP contribution in [-0.2, 0) is 6.42 Å². The fourth-order valence-corrected chi connectivity index (χ4v) is 2.63. The van der Waals surface area contributed by atoms with Crippen molar-refractivity contribution in [3.63, 3.8) is 0 Å². The molecule has 0 saturated heterocycles. The molecule has 1 aromatic carbocycles. The van der Waals surface area contributed by atoms with Crippen LogP contribution in [0.2, 0.25) is 0 Å². The van der Waals surface area contributed by atoms with Gasteiger partial charge < -0.3 is 4.74 Å². The lowest BCUT2D eigenvalue weighted by molar-refractivity contribution is 0.0818. The Labute approximate surface area is 139 Å². The Morgan fingerprint density at radius 3 is 2.59 bits per heavy atom. The van der Waals surface area contributed by atoms with Crippen molar-refractivity contribution in [2.75, 3.05) is 6.61 Å². The molecular weight excluding hydrogens is 344 g/mol. The minimum Gasteiger partial charge on any atom is -0.484 e. The lowest BCUT2D eigenvalue weighted by atomic mass is 10.1. The number of rotatable bonds is 6. The molecule has 0 aliphatic rings. The molecule has 1 heterocycles. The summed E-state index contributed by atoms with van der Waals surface area (Å²) in [4.78, 5) is 12.3. The first-order chi connectivity index (χ1) is 10.5. The molecule has 0 fully saturated rings. The van der Waals surface area contributed by atoms with Crippen molar-refractivity contribution in [3.8, 4) is 5.75 Å². The van der Waals surface area contributed by atoms with Gasteiger partial charge in [-0.05, 0) is 56.5 Å². The number of benzene rings is 1. The normalized spacial score (nSPS) is 10.7. The van der Waals surface area contributed by atoms with Gasteiger partial charge in [-0.25, -0.2) is 4.68 Å². The molecule has 0 aliphatic carbocycles. The molecule has 0 radical (unpaired) electrons. The van der Waals surface area contributed by atoms with E-state index in [0.29, 0.717) is 5.75 Å². The third-order valence-electron chi connectivity index (χ3n) is 3.63. The maximum atomic E-state index is 12.3. The highest BCUT2D eigenvalue weighted by molar-refractivity contribution is 9.10. The van der Waals surface area contributed by atoms with Gasteiger partial charge in [0, 0.05) is 10.2 Å². The van der Waals surface area contributed by atoms with E-state index >= 15 is 0 Å². The summed E-state index contributed by atoms with van der Waals surface area (Å²) in [7, 11) is 0. The summed E-state index contributed by atoms with van der Waals surface area (Å²) in [5, 5.41) is 4.37. The minimum atomic E-state index is -0.147. The number of hydrogen-bond donors (Lipinski definition) is 0. The SMILES string of the molecule is CCCCc1c(C)nn(C(=O)COc2ccc(Br)cc2)c1C. The number of halogens is 1. The molecule has 0 saturated carbocycles. The highest BCUT2D eigenvalue weighted by Gasteiger charge is 2.16. The lowest BCUT2D eigenvalue weighted by Crippen LogP contribution is -2.21. The zero-order valence-corrected chi connectivity index (χ0v) is 14.8. The van der Waals surface area contributed by atoms with Crippen molar-refractivity contribution in [1.29, 1.82) is 0 Å². The minimum absolute atomic E-state index is 0.0171. The van der Waals surface area contributed by atoms with E-state index in [1.807, 2.05) is 38.1 Å². The number of ether oxygens (including phenoxy) is 1. The summed E-state index contributed by atoms with van der Waals surface area (Å²) < 4.78 is 7.98. The van der Waals surface area contributed by atoms with Crippen LogP contribution in [0.15, 0.2) is 28.7 Å². The van der Waals surface area contributed by atoms with Crippen LogP contribution in [-0.4, -0.2) is 22.3 Å². The molecule has 0 spiro atoms. The molecule has 2 aromatic rings. The maximum absolute atomic E-state index is 12.3. The molecule has 4 nitrogen and oxygen atoms in total. The first-order valence-electron chi connectivity index (χ1n) is 7.49. The van der Waals surface area contributed by atoms with E-state index in [0.717, 1.165) is 35.1 Å². The standard InChI is InChI=1S/C17H21BrN2O2/c1-4-5-6-16-12(2)19-20(13(16)3)17(21)11-22-15-9-7-14(18)8-10-15/h7-10H,4-6,11H2,1-3H3. The zero-order chi connectivity index (χ0) is 16.1. The summed E-state index contributed by atoms with van der Waals surface area (Å²) in [6, 6.07) is 7.41. The molecule has 0 unspecified atom stereocenters. The van der Waals surface area contributed by atoms with Gasteiger partial charge >= 0.3 is 0 Å². The van der Waals surface area contributed by atoms with Crippen molar-refractivity contribution in [2.45, 2.75) is 40.0 Å². The van der Waals surface area contributed by atoms with Crippen molar-refractivity contribution in [1.82, 2.24) is 9.78 Å². The number of aromatic nitrogens is 2. The van der Waals surface area contributed by atoms with Crippen LogP contribution in [0.1, 0.15) is 41.5 Å². The largest absolute Gasteiger partial charge is 0.484 e. The number of nitrogens with zero attached hydrogens (tertiary/aromatic N) is 2. The Balaban J connectivity index is 2.04. The van der Waals surface area contributed by atoms with Gasteiger partial charge in [0.2, 0.25) is 0 Å². The van der Waals surface area contributed by atoms with Gasteiger partial charge in [-0.15, -0.1) is 0 Å². The summed E-state index contributed by atoms with van der Waals surface area (Å²) in [6.45, 7) is 6.04. The average Bonchev–Trinajstić information content (AvgIpc) is 2.79. The van der Waals surface area contributed by atoms with Gasteiger partial charge in [-0.1, -0.05) is 29.3 Å². The molecule has 2 rings (SSSR count). The van der Waals surface area contributed by atoms with E-state index in [-0.39, 0.29) is 12.5 Å². The Morgan fingerprint density at radius 1 is 1.27 bits per heavy atom. The molecular formula is C17H21BrN2O2. The van der Waals surface area contributed by atoms with Gasteiger partial charge in [-0.2, -0.15) is 5.10 Å². The summed E-state index contributed by atoms with van der Waals surface area (Å²) in [5.41, 5.74) is 3.04. The van der Waals surface area contributed by atoms with Crippen LogP contribution in [0.25, 0.3) is 0 Å². The summed E-state index contributed by atoms with van der Waals surface area (Å²) >= 11 is 3.37.